The van der Waals surface area contributed by atoms with Gasteiger partial charge >= 0.3 is 0 Å². The number of pyridine rings is 1. The summed E-state index contributed by atoms with van der Waals surface area (Å²) in [4.78, 5) is 18.1. The van der Waals surface area contributed by atoms with Crippen molar-refractivity contribution in [2.75, 3.05) is 18.2 Å². The minimum atomic E-state index is -0.594. The van der Waals surface area contributed by atoms with Crippen molar-refractivity contribution in [3.05, 3.63) is 60.3 Å². The number of fused-ring (bicyclic) bond motifs is 2. The monoisotopic (exact) mass is 501 g/mol. The molecular formula is C28H32FN7O. The van der Waals surface area contributed by atoms with E-state index in [9.17, 15) is 4.39 Å². The maximum Gasteiger partial charge on any atom is 0.182 e. The highest BCUT2D eigenvalue weighted by Crippen LogP contribution is 2.61. The zero-order valence-electron chi connectivity index (χ0n) is 21.0. The maximum atomic E-state index is 14.0. The van der Waals surface area contributed by atoms with Crippen LogP contribution in [0.15, 0.2) is 49.1 Å². The number of benzene rings is 1. The van der Waals surface area contributed by atoms with Gasteiger partial charge in [0.05, 0.1) is 25.0 Å². The van der Waals surface area contributed by atoms with Crippen molar-refractivity contribution >= 4 is 16.6 Å². The van der Waals surface area contributed by atoms with Crippen LogP contribution in [0.1, 0.15) is 43.9 Å². The number of alkyl halides is 1. The number of halogens is 1. The Labute approximate surface area is 215 Å². The molecule has 4 heterocycles. The van der Waals surface area contributed by atoms with Crippen molar-refractivity contribution in [1.29, 1.82) is 0 Å². The van der Waals surface area contributed by atoms with Gasteiger partial charge in [-0.25, -0.2) is 14.1 Å². The largest absolute Gasteiger partial charge is 0.357 e. The van der Waals surface area contributed by atoms with Gasteiger partial charge in [0.15, 0.2) is 5.82 Å². The molecule has 2 bridgehead atoms. The minimum absolute atomic E-state index is 0.166. The Morgan fingerprint density at radius 1 is 1.22 bits per heavy atom. The number of H-pyrrole nitrogens is 1. The fourth-order valence-corrected chi connectivity index (χ4v) is 6.43. The van der Waals surface area contributed by atoms with Gasteiger partial charge in [-0.15, -0.1) is 0 Å². The number of aromatic amines is 1. The van der Waals surface area contributed by atoms with Gasteiger partial charge in [0, 0.05) is 42.1 Å². The van der Waals surface area contributed by atoms with Crippen LogP contribution in [0, 0.1) is 11.3 Å². The summed E-state index contributed by atoms with van der Waals surface area (Å²) < 4.78 is 15.8. The third-order valence-corrected chi connectivity index (χ3v) is 8.61. The first-order valence-corrected chi connectivity index (χ1v) is 13.3. The molecule has 1 aliphatic heterocycles. The molecule has 4 fully saturated rings. The van der Waals surface area contributed by atoms with E-state index < -0.39 is 6.17 Å². The van der Waals surface area contributed by atoms with Crippen molar-refractivity contribution in [2.45, 2.75) is 57.9 Å². The molecule has 1 aromatic carbocycles. The third-order valence-electron chi connectivity index (χ3n) is 8.61. The van der Waals surface area contributed by atoms with Gasteiger partial charge in [-0.1, -0.05) is 12.1 Å². The first-order chi connectivity index (χ1) is 18.0. The molecule has 37 heavy (non-hydrogen) atoms. The molecule has 0 radical (unpaired) electrons. The summed E-state index contributed by atoms with van der Waals surface area (Å²) in [5.74, 6) is 0.957. The highest BCUT2D eigenvalue weighted by molar-refractivity contribution is 5.81. The predicted molar refractivity (Wildman–Crippen MR) is 140 cm³/mol. The Kier molecular flexibility index (Phi) is 5.51. The highest BCUT2D eigenvalue weighted by atomic mass is 19.1. The molecule has 9 heteroatoms. The molecule has 0 amide bonds. The first-order valence-electron chi connectivity index (χ1n) is 13.3. The molecule has 8 nitrogen and oxygen atoms in total. The van der Waals surface area contributed by atoms with E-state index in [0.717, 1.165) is 73.4 Å². The summed E-state index contributed by atoms with van der Waals surface area (Å²) in [6.45, 7) is 5.21. The van der Waals surface area contributed by atoms with E-state index >= 15 is 0 Å². The van der Waals surface area contributed by atoms with Crippen molar-refractivity contribution in [1.82, 2.24) is 30.0 Å². The first kappa shape index (κ1) is 22.9. The fourth-order valence-electron chi connectivity index (χ4n) is 6.43. The van der Waals surface area contributed by atoms with Crippen LogP contribution >= 0.6 is 0 Å². The van der Waals surface area contributed by atoms with Crippen LogP contribution in [0.4, 0.5) is 10.1 Å². The lowest BCUT2D eigenvalue weighted by atomic mass is 9.65. The molecule has 4 aliphatic rings. The second kappa shape index (κ2) is 8.92. The highest BCUT2D eigenvalue weighted by Gasteiger charge is 2.58. The molecule has 3 aromatic heterocycles. The summed E-state index contributed by atoms with van der Waals surface area (Å²) >= 11 is 0. The van der Waals surface area contributed by atoms with Crippen LogP contribution in [0.3, 0.4) is 0 Å². The number of hydroxylamine groups is 1. The molecule has 8 rings (SSSR count). The second-order valence-corrected chi connectivity index (χ2v) is 11.1. The van der Waals surface area contributed by atoms with Crippen LogP contribution < -0.4 is 10.4 Å². The summed E-state index contributed by atoms with van der Waals surface area (Å²) in [5, 5.41) is 11.4. The Morgan fingerprint density at radius 2 is 2.14 bits per heavy atom. The number of hydrogen-bond acceptors (Lipinski definition) is 6. The smallest absolute Gasteiger partial charge is 0.182 e. The molecular weight excluding hydrogens is 469 g/mol. The van der Waals surface area contributed by atoms with Crippen LogP contribution in [0.25, 0.3) is 22.3 Å². The van der Waals surface area contributed by atoms with E-state index in [1.165, 1.54) is 5.39 Å². The van der Waals surface area contributed by atoms with E-state index in [2.05, 4.69) is 51.5 Å². The molecule has 1 saturated heterocycles. The van der Waals surface area contributed by atoms with Crippen LogP contribution in [-0.2, 0) is 17.9 Å². The molecule has 2 atom stereocenters. The van der Waals surface area contributed by atoms with Crippen LogP contribution in [-0.4, -0.2) is 50.1 Å². The van der Waals surface area contributed by atoms with E-state index in [1.807, 2.05) is 15.8 Å². The predicted octanol–water partition coefficient (Wildman–Crippen LogP) is 4.63. The van der Waals surface area contributed by atoms with Gasteiger partial charge in [0.1, 0.15) is 12.5 Å². The van der Waals surface area contributed by atoms with Crippen molar-refractivity contribution in [2.24, 2.45) is 11.3 Å². The molecule has 4 aromatic rings. The normalized spacial score (nSPS) is 25.6. The quantitative estimate of drug-likeness (QED) is 0.366. The summed E-state index contributed by atoms with van der Waals surface area (Å²) in [5.41, 5.74) is 5.37. The Morgan fingerprint density at radius 3 is 2.95 bits per heavy atom. The van der Waals surface area contributed by atoms with Crippen molar-refractivity contribution in [3.63, 3.8) is 0 Å². The van der Waals surface area contributed by atoms with E-state index in [-0.39, 0.29) is 5.41 Å². The minimum Gasteiger partial charge on any atom is -0.357 e. The fraction of sp³-hybridized carbons (Fsp3) is 0.464. The van der Waals surface area contributed by atoms with Crippen LogP contribution in [0.5, 0.6) is 0 Å². The number of aromatic nitrogens is 5. The molecule has 0 spiro atoms. The number of anilines is 1. The average Bonchev–Trinajstić information content (AvgIpc) is 3.70. The topological polar surface area (TPSA) is 83.9 Å². The maximum absolute atomic E-state index is 14.0. The number of nitrogens with one attached hydrogen (secondary N) is 2. The molecule has 2 N–H and O–H groups in total. The number of rotatable bonds is 8. The number of nitrogens with zero attached hydrogens (tertiary/aromatic N) is 5. The molecule has 3 aliphatic carbocycles. The zero-order valence-corrected chi connectivity index (χ0v) is 21.0. The zero-order chi connectivity index (χ0) is 25.0. The lowest BCUT2D eigenvalue weighted by molar-refractivity contribution is 0.0886. The van der Waals surface area contributed by atoms with Gasteiger partial charge in [-0.3, -0.25) is 14.9 Å². The van der Waals surface area contributed by atoms with E-state index in [0.29, 0.717) is 24.3 Å². The summed E-state index contributed by atoms with van der Waals surface area (Å²) in [7, 11) is 0. The average molecular weight is 502 g/mol. The molecule has 192 valence electrons. The van der Waals surface area contributed by atoms with Gasteiger partial charge < -0.3 is 10.3 Å². The van der Waals surface area contributed by atoms with Gasteiger partial charge in [0.25, 0.3) is 0 Å². The third kappa shape index (κ3) is 4.20. The Hall–Kier alpha value is -3.30. The lowest BCUT2D eigenvalue weighted by Gasteiger charge is -2.43. The van der Waals surface area contributed by atoms with Gasteiger partial charge in [-0.2, -0.15) is 5.10 Å². The van der Waals surface area contributed by atoms with Crippen LogP contribution in [0.2, 0.25) is 0 Å². The Balaban J connectivity index is 1.01. The lowest BCUT2D eigenvalue weighted by Crippen LogP contribution is -2.46. The molecule has 3 saturated carbocycles. The SMILES string of the molecule is CC(NCc1cc2ccc(Cn3cnc(-c4cncc(N5CCCO5)c4)n3)cc2[nH]1)C12CC(C1)[C@@H](F)C2. The Bertz CT molecular complexity index is 1420. The second-order valence-electron chi connectivity index (χ2n) is 11.1. The van der Waals surface area contributed by atoms with E-state index in [4.69, 9.17) is 9.94 Å². The number of hydrogen-bond donors (Lipinski definition) is 2. The van der Waals surface area contributed by atoms with Crippen molar-refractivity contribution in [3.8, 4) is 11.4 Å². The summed E-state index contributed by atoms with van der Waals surface area (Å²) in [6.07, 6.45) is 8.57. The summed E-state index contributed by atoms with van der Waals surface area (Å²) in [6, 6.07) is 11.0. The van der Waals surface area contributed by atoms with Gasteiger partial charge in [0.2, 0.25) is 0 Å². The van der Waals surface area contributed by atoms with Crippen molar-refractivity contribution < 1.29 is 9.23 Å². The van der Waals surface area contributed by atoms with Gasteiger partial charge in [-0.05, 0) is 73.1 Å². The van der Waals surface area contributed by atoms with E-state index in [1.54, 1.807) is 18.7 Å². The molecule has 1 unspecified atom stereocenters. The standard InChI is InChI=1S/C28H32FN7O/c1-18(28-10-22(11-28)25(29)12-28)31-14-23-8-20-4-3-19(7-26(20)33-23)16-35-17-32-27(34-35)21-9-24(15-30-13-21)36-5-2-6-37-36/h3-4,7-9,13,15,17-18,22,25,31,33H,2,5-6,10-12,14,16H2,1H3/t18?,22?,25-,28?/m0/s1.